The molecule has 1 aliphatic carbocycles. The van der Waals surface area contributed by atoms with Crippen LogP contribution in [0.5, 0.6) is 0 Å². The summed E-state index contributed by atoms with van der Waals surface area (Å²) in [6, 6.07) is 3.78. The van der Waals surface area contributed by atoms with E-state index >= 15 is 0 Å². The van der Waals surface area contributed by atoms with E-state index in [2.05, 4.69) is 11.9 Å². The molecule has 0 aromatic carbocycles. The number of nitrogens with zero attached hydrogens (tertiary/aromatic N) is 1. The molecule has 2 rings (SSSR count). The number of rotatable bonds is 3. The highest BCUT2D eigenvalue weighted by atomic mass is 16.1. The molecular weight excluding hydrogens is 186 g/mol. The lowest BCUT2D eigenvalue weighted by molar-refractivity contribution is 0.0811. The molecule has 0 atom stereocenters. The predicted octanol–water partition coefficient (Wildman–Crippen LogP) is 3.15. The number of ketones is 1. The van der Waals surface area contributed by atoms with Gasteiger partial charge in [0.2, 0.25) is 0 Å². The minimum atomic E-state index is 0.192. The van der Waals surface area contributed by atoms with Crippen LogP contribution in [0.3, 0.4) is 0 Å². The van der Waals surface area contributed by atoms with Crippen molar-refractivity contribution in [1.29, 1.82) is 0 Å². The van der Waals surface area contributed by atoms with Crippen LogP contribution in [0.1, 0.15) is 48.7 Å². The Hall–Kier alpha value is -1.18. The SMILES string of the molecule is Cc1ccc(C(=O)CC2(C)CCC2)nc1. The lowest BCUT2D eigenvalue weighted by Crippen LogP contribution is -2.28. The maximum absolute atomic E-state index is 11.9. The van der Waals surface area contributed by atoms with Gasteiger partial charge in [0.05, 0.1) is 0 Å². The second-order valence-corrected chi connectivity index (χ2v) is 4.98. The van der Waals surface area contributed by atoms with E-state index in [1.807, 2.05) is 19.1 Å². The largest absolute Gasteiger partial charge is 0.292 e. The Morgan fingerprint density at radius 2 is 2.20 bits per heavy atom. The zero-order valence-corrected chi connectivity index (χ0v) is 9.42. The normalized spacial score (nSPS) is 18.3. The van der Waals surface area contributed by atoms with Crippen molar-refractivity contribution in [2.24, 2.45) is 5.41 Å². The lowest BCUT2D eigenvalue weighted by atomic mass is 9.67. The van der Waals surface area contributed by atoms with Crippen molar-refractivity contribution in [2.45, 2.75) is 39.5 Å². The molecule has 2 nitrogen and oxygen atoms in total. The van der Waals surface area contributed by atoms with E-state index in [0.717, 1.165) is 5.56 Å². The number of pyridine rings is 1. The van der Waals surface area contributed by atoms with Gasteiger partial charge in [-0.25, -0.2) is 0 Å². The third kappa shape index (κ3) is 2.25. The van der Waals surface area contributed by atoms with Crippen LogP contribution in [0.2, 0.25) is 0 Å². The van der Waals surface area contributed by atoms with E-state index in [1.165, 1.54) is 19.3 Å². The molecule has 1 fully saturated rings. The highest BCUT2D eigenvalue weighted by Crippen LogP contribution is 2.43. The van der Waals surface area contributed by atoms with Gasteiger partial charge in [-0.15, -0.1) is 0 Å². The van der Waals surface area contributed by atoms with Gasteiger partial charge in [0.25, 0.3) is 0 Å². The Morgan fingerprint density at radius 3 is 2.67 bits per heavy atom. The van der Waals surface area contributed by atoms with E-state index in [-0.39, 0.29) is 11.2 Å². The smallest absolute Gasteiger partial charge is 0.181 e. The van der Waals surface area contributed by atoms with Crippen LogP contribution < -0.4 is 0 Å². The van der Waals surface area contributed by atoms with E-state index in [9.17, 15) is 4.79 Å². The molecule has 0 radical (unpaired) electrons. The van der Waals surface area contributed by atoms with Crippen molar-refractivity contribution in [3.8, 4) is 0 Å². The molecule has 0 unspecified atom stereocenters. The number of Topliss-reactive ketones (excluding diaryl/α,β-unsaturated/α-hetero) is 1. The molecule has 0 amide bonds. The molecule has 0 N–H and O–H groups in total. The van der Waals surface area contributed by atoms with Crippen LogP contribution in [0.25, 0.3) is 0 Å². The minimum absolute atomic E-state index is 0.192. The van der Waals surface area contributed by atoms with Crippen LogP contribution in [0.4, 0.5) is 0 Å². The molecule has 0 saturated heterocycles. The number of carbonyl (C=O) groups is 1. The van der Waals surface area contributed by atoms with Crippen LogP contribution in [-0.4, -0.2) is 10.8 Å². The average molecular weight is 203 g/mol. The molecule has 2 heteroatoms. The van der Waals surface area contributed by atoms with Crippen LogP contribution in [0.15, 0.2) is 18.3 Å². The third-order valence-electron chi connectivity index (χ3n) is 3.35. The topological polar surface area (TPSA) is 30.0 Å². The van der Waals surface area contributed by atoms with E-state index in [4.69, 9.17) is 0 Å². The maximum atomic E-state index is 11.9. The monoisotopic (exact) mass is 203 g/mol. The van der Waals surface area contributed by atoms with Gasteiger partial charge >= 0.3 is 0 Å². The first-order valence-electron chi connectivity index (χ1n) is 5.55. The van der Waals surface area contributed by atoms with Crippen molar-refractivity contribution < 1.29 is 4.79 Å². The van der Waals surface area contributed by atoms with E-state index < -0.39 is 0 Å². The Bertz CT molecular complexity index is 363. The predicted molar refractivity (Wildman–Crippen MR) is 59.9 cm³/mol. The van der Waals surface area contributed by atoms with Gasteiger partial charge in [0.1, 0.15) is 5.69 Å². The van der Waals surface area contributed by atoms with E-state index in [1.54, 1.807) is 6.20 Å². The highest BCUT2D eigenvalue weighted by Gasteiger charge is 2.34. The first-order valence-corrected chi connectivity index (χ1v) is 5.55. The maximum Gasteiger partial charge on any atom is 0.181 e. The molecule has 80 valence electrons. The molecule has 1 aromatic rings. The minimum Gasteiger partial charge on any atom is -0.292 e. The molecule has 1 aliphatic rings. The zero-order valence-electron chi connectivity index (χ0n) is 9.42. The second-order valence-electron chi connectivity index (χ2n) is 4.98. The Labute approximate surface area is 90.7 Å². The standard InChI is InChI=1S/C13H17NO/c1-10-4-5-11(14-9-10)12(15)8-13(2)6-3-7-13/h4-5,9H,3,6-8H2,1-2H3. The third-order valence-corrected chi connectivity index (χ3v) is 3.35. The second kappa shape index (κ2) is 3.76. The highest BCUT2D eigenvalue weighted by molar-refractivity contribution is 5.94. The summed E-state index contributed by atoms with van der Waals surface area (Å²) in [6.07, 6.45) is 6.06. The summed E-state index contributed by atoms with van der Waals surface area (Å²) in [5.41, 5.74) is 1.97. The Balaban J connectivity index is 2.04. The fraction of sp³-hybridized carbons (Fsp3) is 0.538. The van der Waals surface area contributed by atoms with Gasteiger partial charge in [-0.1, -0.05) is 19.4 Å². The first kappa shape index (κ1) is 10.3. The van der Waals surface area contributed by atoms with Crippen molar-refractivity contribution >= 4 is 5.78 Å². The summed E-state index contributed by atoms with van der Waals surface area (Å²) in [4.78, 5) is 16.1. The van der Waals surface area contributed by atoms with Gasteiger partial charge in [-0.2, -0.15) is 0 Å². The fourth-order valence-corrected chi connectivity index (χ4v) is 2.07. The van der Waals surface area contributed by atoms with Crippen molar-refractivity contribution in [1.82, 2.24) is 4.98 Å². The number of hydrogen-bond acceptors (Lipinski definition) is 2. The van der Waals surface area contributed by atoms with Gasteiger partial charge in [0, 0.05) is 12.6 Å². The van der Waals surface area contributed by atoms with E-state index in [0.29, 0.717) is 12.1 Å². The summed E-state index contributed by atoms with van der Waals surface area (Å²) in [7, 11) is 0. The first-order chi connectivity index (χ1) is 7.09. The summed E-state index contributed by atoms with van der Waals surface area (Å²) < 4.78 is 0. The molecule has 1 aromatic heterocycles. The molecule has 0 spiro atoms. The van der Waals surface area contributed by atoms with Crippen molar-refractivity contribution in [2.75, 3.05) is 0 Å². The van der Waals surface area contributed by atoms with Gasteiger partial charge in [-0.05, 0) is 36.8 Å². The summed E-state index contributed by atoms with van der Waals surface area (Å²) >= 11 is 0. The molecule has 1 saturated carbocycles. The molecule has 0 bridgehead atoms. The number of aryl methyl sites for hydroxylation is 1. The van der Waals surface area contributed by atoms with Crippen LogP contribution in [0, 0.1) is 12.3 Å². The number of hydrogen-bond donors (Lipinski definition) is 0. The molecule has 0 aliphatic heterocycles. The Kier molecular flexibility index (Phi) is 2.59. The summed E-state index contributed by atoms with van der Waals surface area (Å²) in [6.45, 7) is 4.18. The zero-order chi connectivity index (χ0) is 10.9. The number of carbonyl (C=O) groups excluding carboxylic acids is 1. The van der Waals surface area contributed by atoms with Crippen molar-refractivity contribution in [3.05, 3.63) is 29.6 Å². The Morgan fingerprint density at radius 1 is 1.47 bits per heavy atom. The van der Waals surface area contributed by atoms with Gasteiger partial charge in [-0.3, -0.25) is 9.78 Å². The lowest BCUT2D eigenvalue weighted by Gasteiger charge is -2.37. The van der Waals surface area contributed by atoms with Crippen LogP contribution >= 0.6 is 0 Å². The molecular formula is C13H17NO. The summed E-state index contributed by atoms with van der Waals surface area (Å²) in [5, 5.41) is 0. The van der Waals surface area contributed by atoms with Gasteiger partial charge < -0.3 is 0 Å². The molecule has 15 heavy (non-hydrogen) atoms. The summed E-state index contributed by atoms with van der Waals surface area (Å²) in [5.74, 6) is 0.192. The average Bonchev–Trinajstić information content (AvgIpc) is 2.16. The fourth-order valence-electron chi connectivity index (χ4n) is 2.07. The number of aromatic nitrogens is 1. The van der Waals surface area contributed by atoms with Crippen LogP contribution in [-0.2, 0) is 0 Å². The van der Waals surface area contributed by atoms with Gasteiger partial charge in [0.15, 0.2) is 5.78 Å². The molecule has 1 heterocycles. The quantitative estimate of drug-likeness (QED) is 0.706. The van der Waals surface area contributed by atoms with Crippen molar-refractivity contribution in [3.63, 3.8) is 0 Å².